The zero-order valence-electron chi connectivity index (χ0n) is 14.7. The molecule has 25 heavy (non-hydrogen) atoms. The van der Waals surface area contributed by atoms with Gasteiger partial charge in [-0.1, -0.05) is 12.1 Å². The number of aromatic nitrogens is 2. The van der Waals surface area contributed by atoms with Crippen molar-refractivity contribution in [2.75, 3.05) is 38.7 Å². The summed E-state index contributed by atoms with van der Waals surface area (Å²) >= 11 is 0. The molecule has 1 aromatic carbocycles. The van der Waals surface area contributed by atoms with Crippen molar-refractivity contribution in [3.63, 3.8) is 0 Å². The van der Waals surface area contributed by atoms with Crippen LogP contribution in [0.4, 0.5) is 5.69 Å². The van der Waals surface area contributed by atoms with E-state index in [0.29, 0.717) is 0 Å². The number of nitrogens with zero attached hydrogens (tertiary/aromatic N) is 3. The smallest absolute Gasteiger partial charge is 0.246 e. The molecule has 0 radical (unpaired) electrons. The molecule has 1 fully saturated rings. The number of benzene rings is 1. The highest BCUT2D eigenvalue weighted by Gasteiger charge is 2.20. The van der Waals surface area contributed by atoms with Crippen molar-refractivity contribution in [3.8, 4) is 0 Å². The molecule has 1 amide bonds. The molecule has 134 valence electrons. The molecule has 1 aromatic heterocycles. The van der Waals surface area contributed by atoms with Gasteiger partial charge in [0.05, 0.1) is 19.4 Å². The van der Waals surface area contributed by atoms with Crippen LogP contribution in [0.3, 0.4) is 0 Å². The van der Waals surface area contributed by atoms with E-state index in [2.05, 4.69) is 26.7 Å². The topological polar surface area (TPSA) is 71.4 Å². The first kappa shape index (κ1) is 17.6. The minimum atomic E-state index is -0.434. The standard InChI is InChI=1S/C18H25N5O2/c1-19-17(15-11-20-22(2)13-15)18(24)21-16-5-3-4-14(10-16)12-23-6-8-25-9-7-23/h3-5,10-11,13,17,19H,6-9,12H2,1-2H3,(H,21,24). The van der Waals surface area contributed by atoms with Gasteiger partial charge >= 0.3 is 0 Å². The zero-order valence-corrected chi connectivity index (χ0v) is 14.7. The maximum atomic E-state index is 12.6. The van der Waals surface area contributed by atoms with E-state index in [4.69, 9.17) is 4.74 Å². The van der Waals surface area contributed by atoms with Crippen molar-refractivity contribution in [2.24, 2.45) is 7.05 Å². The van der Waals surface area contributed by atoms with E-state index in [9.17, 15) is 4.79 Å². The summed E-state index contributed by atoms with van der Waals surface area (Å²) in [6.07, 6.45) is 3.55. The van der Waals surface area contributed by atoms with Crippen molar-refractivity contribution in [2.45, 2.75) is 12.6 Å². The fourth-order valence-corrected chi connectivity index (χ4v) is 3.02. The van der Waals surface area contributed by atoms with Gasteiger partial charge in [0.2, 0.25) is 5.91 Å². The molecule has 7 nitrogen and oxygen atoms in total. The van der Waals surface area contributed by atoms with Gasteiger partial charge in [-0.15, -0.1) is 0 Å². The van der Waals surface area contributed by atoms with Gasteiger partial charge < -0.3 is 15.4 Å². The number of carbonyl (C=O) groups excluding carboxylic acids is 1. The second-order valence-electron chi connectivity index (χ2n) is 6.25. The number of aryl methyl sites for hydroxylation is 1. The minimum Gasteiger partial charge on any atom is -0.379 e. The lowest BCUT2D eigenvalue weighted by Gasteiger charge is -2.26. The van der Waals surface area contributed by atoms with Crippen molar-refractivity contribution in [3.05, 3.63) is 47.8 Å². The summed E-state index contributed by atoms with van der Waals surface area (Å²) in [6, 6.07) is 7.57. The number of amides is 1. The minimum absolute atomic E-state index is 0.0981. The zero-order chi connectivity index (χ0) is 17.6. The fraction of sp³-hybridized carbons (Fsp3) is 0.444. The van der Waals surface area contributed by atoms with Gasteiger partial charge in [0.1, 0.15) is 6.04 Å². The lowest BCUT2D eigenvalue weighted by atomic mass is 10.1. The average molecular weight is 343 g/mol. The number of ether oxygens (including phenoxy) is 1. The van der Waals surface area contributed by atoms with Crippen LogP contribution in [0.15, 0.2) is 36.7 Å². The number of hydrogen-bond donors (Lipinski definition) is 2. The number of morpholine rings is 1. The van der Waals surface area contributed by atoms with Crippen LogP contribution in [0.25, 0.3) is 0 Å². The van der Waals surface area contributed by atoms with Gasteiger partial charge in [-0.3, -0.25) is 14.4 Å². The Morgan fingerprint density at radius 1 is 1.36 bits per heavy atom. The highest BCUT2D eigenvalue weighted by atomic mass is 16.5. The van der Waals surface area contributed by atoms with Gasteiger partial charge in [0.15, 0.2) is 0 Å². The second kappa shape index (κ2) is 8.24. The average Bonchev–Trinajstić information content (AvgIpc) is 3.03. The molecule has 1 atom stereocenters. The van der Waals surface area contributed by atoms with Crippen molar-refractivity contribution in [1.82, 2.24) is 20.0 Å². The molecule has 0 aliphatic carbocycles. The maximum absolute atomic E-state index is 12.6. The Morgan fingerprint density at radius 3 is 2.84 bits per heavy atom. The molecule has 1 unspecified atom stereocenters. The SMILES string of the molecule is CNC(C(=O)Nc1cccc(CN2CCOCC2)c1)c1cnn(C)c1. The first-order chi connectivity index (χ1) is 12.2. The summed E-state index contributed by atoms with van der Waals surface area (Å²) < 4.78 is 7.07. The second-order valence-corrected chi connectivity index (χ2v) is 6.25. The highest BCUT2D eigenvalue weighted by molar-refractivity contribution is 5.95. The van der Waals surface area contributed by atoms with Gasteiger partial charge in [-0.2, -0.15) is 5.10 Å². The van der Waals surface area contributed by atoms with Crippen molar-refractivity contribution >= 4 is 11.6 Å². The number of anilines is 1. The van der Waals surface area contributed by atoms with E-state index in [-0.39, 0.29) is 5.91 Å². The molecule has 0 bridgehead atoms. The predicted molar refractivity (Wildman–Crippen MR) is 96.2 cm³/mol. The molecule has 0 spiro atoms. The fourth-order valence-electron chi connectivity index (χ4n) is 3.02. The number of likely N-dealkylation sites (N-methyl/N-ethyl adjacent to an activating group) is 1. The molecule has 7 heteroatoms. The summed E-state index contributed by atoms with van der Waals surface area (Å²) in [6.45, 7) is 4.32. The Morgan fingerprint density at radius 2 is 2.16 bits per heavy atom. The largest absolute Gasteiger partial charge is 0.379 e. The van der Waals surface area contributed by atoms with Crippen LogP contribution < -0.4 is 10.6 Å². The molecule has 3 rings (SSSR count). The van der Waals surface area contributed by atoms with E-state index in [0.717, 1.165) is 44.1 Å². The van der Waals surface area contributed by atoms with Crippen LogP contribution >= 0.6 is 0 Å². The molecule has 1 aliphatic rings. The Labute approximate surface area is 148 Å². The Bertz CT molecular complexity index is 709. The van der Waals surface area contributed by atoms with E-state index in [1.165, 1.54) is 5.56 Å². The molecule has 2 N–H and O–H groups in total. The summed E-state index contributed by atoms with van der Waals surface area (Å²) in [4.78, 5) is 15.0. The molecule has 2 heterocycles. The number of rotatable bonds is 6. The number of hydrogen-bond acceptors (Lipinski definition) is 5. The maximum Gasteiger partial charge on any atom is 0.246 e. The molecular formula is C18H25N5O2. The molecule has 1 aliphatic heterocycles. The highest BCUT2D eigenvalue weighted by Crippen LogP contribution is 2.17. The van der Waals surface area contributed by atoms with E-state index in [1.807, 2.05) is 31.4 Å². The van der Waals surface area contributed by atoms with Crippen LogP contribution in [0.2, 0.25) is 0 Å². The third-order valence-electron chi connectivity index (χ3n) is 4.31. The van der Waals surface area contributed by atoms with Crippen molar-refractivity contribution < 1.29 is 9.53 Å². The van der Waals surface area contributed by atoms with Crippen LogP contribution in [0, 0.1) is 0 Å². The summed E-state index contributed by atoms with van der Waals surface area (Å²) in [5.74, 6) is -0.0981. The van der Waals surface area contributed by atoms with Crippen LogP contribution in [0.5, 0.6) is 0 Å². The monoisotopic (exact) mass is 343 g/mol. The molecular weight excluding hydrogens is 318 g/mol. The quantitative estimate of drug-likeness (QED) is 0.823. The van der Waals surface area contributed by atoms with Crippen LogP contribution in [-0.2, 0) is 23.1 Å². The third kappa shape index (κ3) is 4.66. The van der Waals surface area contributed by atoms with Gasteiger partial charge in [0.25, 0.3) is 0 Å². The summed E-state index contributed by atoms with van der Waals surface area (Å²) in [5, 5.41) is 10.2. The van der Waals surface area contributed by atoms with E-state index >= 15 is 0 Å². The lowest BCUT2D eigenvalue weighted by Crippen LogP contribution is -2.35. The Hall–Kier alpha value is -2.22. The van der Waals surface area contributed by atoms with Crippen LogP contribution in [0.1, 0.15) is 17.2 Å². The first-order valence-corrected chi connectivity index (χ1v) is 8.51. The van der Waals surface area contributed by atoms with Gasteiger partial charge in [-0.25, -0.2) is 0 Å². The molecule has 0 saturated carbocycles. The normalized spacial score (nSPS) is 16.6. The van der Waals surface area contributed by atoms with Crippen molar-refractivity contribution in [1.29, 1.82) is 0 Å². The Balaban J connectivity index is 1.65. The van der Waals surface area contributed by atoms with Crippen LogP contribution in [-0.4, -0.2) is 53.9 Å². The van der Waals surface area contributed by atoms with Gasteiger partial charge in [0, 0.05) is 44.1 Å². The van der Waals surface area contributed by atoms with Gasteiger partial charge in [-0.05, 0) is 24.7 Å². The predicted octanol–water partition coefficient (Wildman–Crippen LogP) is 1.15. The summed E-state index contributed by atoms with van der Waals surface area (Å²) in [7, 11) is 3.61. The summed E-state index contributed by atoms with van der Waals surface area (Å²) in [5.41, 5.74) is 2.83. The molecule has 2 aromatic rings. The Kier molecular flexibility index (Phi) is 5.80. The lowest BCUT2D eigenvalue weighted by molar-refractivity contribution is -0.118. The molecule has 1 saturated heterocycles. The van der Waals surface area contributed by atoms with E-state index in [1.54, 1.807) is 17.9 Å². The van der Waals surface area contributed by atoms with E-state index < -0.39 is 6.04 Å². The number of nitrogens with one attached hydrogen (secondary N) is 2. The third-order valence-corrected chi connectivity index (χ3v) is 4.31. The first-order valence-electron chi connectivity index (χ1n) is 8.51. The number of carbonyl (C=O) groups is 1.